The second-order valence-corrected chi connectivity index (χ2v) is 10.3. The maximum absolute atomic E-state index is 13.1. The molecule has 7 heteroatoms. The first kappa shape index (κ1) is 28.0. The predicted molar refractivity (Wildman–Crippen MR) is 132 cm³/mol. The summed E-state index contributed by atoms with van der Waals surface area (Å²) in [6, 6.07) is -0.122. The lowest BCUT2D eigenvalue weighted by atomic mass is 9.73. The fourth-order valence-corrected chi connectivity index (χ4v) is 4.29. The third kappa shape index (κ3) is 7.37. The SMILES string of the molecule is CC1=NC(/C=C(\C)[C@@H]2C/C=C(/C)C/C=C/[C@H](C)[C@H](O)[C@@H](C)C(=O)C(C)(C)[C@@H](O)CC(=O)O2)CO1. The smallest absolute Gasteiger partial charge is 0.309 e. The summed E-state index contributed by atoms with van der Waals surface area (Å²) in [6.45, 7) is 12.9. The van der Waals surface area contributed by atoms with Crippen LogP contribution < -0.4 is 0 Å². The van der Waals surface area contributed by atoms with Crippen molar-refractivity contribution in [3.63, 3.8) is 0 Å². The molecule has 0 spiro atoms. The minimum atomic E-state index is -1.24. The normalized spacial score (nSPS) is 36.7. The van der Waals surface area contributed by atoms with Crippen molar-refractivity contribution in [1.29, 1.82) is 0 Å². The number of ether oxygens (including phenoxy) is 2. The molecule has 190 valence electrons. The minimum absolute atomic E-state index is 0.122. The molecule has 2 aliphatic heterocycles. The molecule has 2 aliphatic rings. The maximum atomic E-state index is 13.1. The molecule has 0 saturated heterocycles. The standard InChI is InChI=1S/C27H41NO6/c1-16-9-8-10-17(2)25(31)19(4)26(32)27(6,7)23(29)14-24(30)34-22(12-11-16)18(3)13-21-15-33-20(5)28-21/h8,10-11,13,17,19,21-23,25,29,31H,9,12,14-15H2,1-7H3/b10-8+,16-11-,18-13+/t17-,19+,21?,22-,23-,25-/m0/s1. The zero-order valence-corrected chi connectivity index (χ0v) is 21.6. The number of hydrogen-bond donors (Lipinski definition) is 2. The molecule has 7 nitrogen and oxygen atoms in total. The van der Waals surface area contributed by atoms with Crippen LogP contribution in [-0.4, -0.2) is 58.8 Å². The van der Waals surface area contributed by atoms with E-state index in [0.29, 0.717) is 25.3 Å². The van der Waals surface area contributed by atoms with Crippen molar-refractivity contribution in [2.24, 2.45) is 22.2 Å². The molecule has 0 radical (unpaired) electrons. The van der Waals surface area contributed by atoms with Gasteiger partial charge in [-0.05, 0) is 25.8 Å². The molecule has 0 aromatic heterocycles. The summed E-state index contributed by atoms with van der Waals surface area (Å²) in [4.78, 5) is 30.4. The summed E-state index contributed by atoms with van der Waals surface area (Å²) in [6.07, 6.45) is 6.12. The molecule has 0 fully saturated rings. The van der Waals surface area contributed by atoms with Gasteiger partial charge in [0.05, 0.1) is 24.0 Å². The number of carbonyl (C=O) groups excluding carboxylic acids is 2. The quantitative estimate of drug-likeness (QED) is 0.463. The van der Waals surface area contributed by atoms with Crippen molar-refractivity contribution in [3.8, 4) is 0 Å². The zero-order valence-electron chi connectivity index (χ0n) is 21.6. The number of esters is 1. The van der Waals surface area contributed by atoms with Gasteiger partial charge >= 0.3 is 5.97 Å². The van der Waals surface area contributed by atoms with Crippen LogP contribution in [0.1, 0.15) is 67.7 Å². The van der Waals surface area contributed by atoms with Crippen LogP contribution in [0.2, 0.25) is 0 Å². The maximum Gasteiger partial charge on any atom is 0.309 e. The van der Waals surface area contributed by atoms with Crippen LogP contribution >= 0.6 is 0 Å². The first-order valence-electron chi connectivity index (χ1n) is 12.1. The van der Waals surface area contributed by atoms with Crippen LogP contribution in [0.5, 0.6) is 0 Å². The van der Waals surface area contributed by atoms with Gasteiger partial charge in [-0.2, -0.15) is 0 Å². The van der Waals surface area contributed by atoms with Crippen LogP contribution in [0.4, 0.5) is 0 Å². The van der Waals surface area contributed by atoms with Crippen LogP contribution in [0.3, 0.4) is 0 Å². The average Bonchev–Trinajstić information content (AvgIpc) is 3.18. The molecule has 0 aliphatic carbocycles. The van der Waals surface area contributed by atoms with Gasteiger partial charge in [0.1, 0.15) is 24.5 Å². The van der Waals surface area contributed by atoms with E-state index in [1.165, 1.54) is 0 Å². The molecular weight excluding hydrogens is 434 g/mol. The monoisotopic (exact) mass is 475 g/mol. The van der Waals surface area contributed by atoms with Gasteiger partial charge < -0.3 is 19.7 Å². The van der Waals surface area contributed by atoms with Crippen molar-refractivity contribution in [2.45, 2.75) is 92.1 Å². The molecule has 2 rings (SSSR count). The first-order valence-corrected chi connectivity index (χ1v) is 12.1. The number of aliphatic hydroxyl groups is 2. The lowest BCUT2D eigenvalue weighted by Crippen LogP contribution is -2.45. The Morgan fingerprint density at radius 1 is 1.21 bits per heavy atom. The van der Waals surface area contributed by atoms with Crippen molar-refractivity contribution >= 4 is 17.7 Å². The fourth-order valence-electron chi connectivity index (χ4n) is 4.29. The lowest BCUT2D eigenvalue weighted by Gasteiger charge is -2.34. The number of carbonyl (C=O) groups is 2. The molecule has 0 amide bonds. The lowest BCUT2D eigenvalue weighted by molar-refractivity contribution is -0.154. The van der Waals surface area contributed by atoms with E-state index in [4.69, 9.17) is 9.47 Å². The predicted octanol–water partition coefficient (Wildman–Crippen LogP) is 3.94. The highest BCUT2D eigenvalue weighted by Crippen LogP contribution is 2.31. The molecule has 6 atom stereocenters. The highest BCUT2D eigenvalue weighted by molar-refractivity contribution is 5.88. The third-order valence-electron chi connectivity index (χ3n) is 6.90. The summed E-state index contributed by atoms with van der Waals surface area (Å²) in [5, 5.41) is 21.5. The Hall–Kier alpha value is -2.25. The highest BCUT2D eigenvalue weighted by atomic mass is 16.5. The van der Waals surface area contributed by atoms with Crippen molar-refractivity contribution in [3.05, 3.63) is 35.5 Å². The molecule has 0 bridgehead atoms. The molecule has 0 aromatic carbocycles. The van der Waals surface area contributed by atoms with Crippen molar-refractivity contribution < 1.29 is 29.3 Å². The number of rotatable bonds is 2. The molecule has 2 N–H and O–H groups in total. The Morgan fingerprint density at radius 2 is 1.88 bits per heavy atom. The van der Waals surface area contributed by atoms with Crippen LogP contribution in [0.25, 0.3) is 0 Å². The van der Waals surface area contributed by atoms with Gasteiger partial charge in [-0.1, -0.05) is 57.6 Å². The van der Waals surface area contributed by atoms with Gasteiger partial charge in [-0.3, -0.25) is 9.59 Å². The van der Waals surface area contributed by atoms with E-state index in [2.05, 4.69) is 4.99 Å². The van der Waals surface area contributed by atoms with E-state index in [9.17, 15) is 19.8 Å². The number of ketones is 1. The third-order valence-corrected chi connectivity index (χ3v) is 6.90. The van der Waals surface area contributed by atoms with Crippen LogP contribution in [0, 0.1) is 17.3 Å². The number of allylic oxidation sites excluding steroid dienone is 2. The van der Waals surface area contributed by atoms with Crippen molar-refractivity contribution in [1.82, 2.24) is 0 Å². The summed E-state index contributed by atoms with van der Waals surface area (Å²) >= 11 is 0. The number of aliphatic hydroxyl groups excluding tert-OH is 2. The van der Waals surface area contributed by atoms with Gasteiger partial charge in [0, 0.05) is 25.2 Å². The number of cyclic esters (lactones) is 1. The molecule has 1 unspecified atom stereocenters. The second-order valence-electron chi connectivity index (χ2n) is 10.3. The minimum Gasteiger partial charge on any atom is -0.479 e. The van der Waals surface area contributed by atoms with E-state index >= 15 is 0 Å². The van der Waals surface area contributed by atoms with Crippen molar-refractivity contribution in [2.75, 3.05) is 6.61 Å². The van der Waals surface area contributed by atoms with E-state index in [-0.39, 0.29) is 24.2 Å². The Labute approximate surface area is 203 Å². The van der Waals surface area contributed by atoms with Gasteiger partial charge in [0.15, 0.2) is 5.90 Å². The average molecular weight is 476 g/mol. The Bertz CT molecular complexity index is 868. The summed E-state index contributed by atoms with van der Waals surface area (Å²) in [5.41, 5.74) is 0.739. The molecular formula is C27H41NO6. The number of hydrogen-bond acceptors (Lipinski definition) is 7. The van der Waals surface area contributed by atoms with Crippen LogP contribution in [-0.2, 0) is 19.1 Å². The molecule has 0 saturated carbocycles. The second kappa shape index (κ2) is 11.9. The van der Waals surface area contributed by atoms with Gasteiger partial charge in [0.2, 0.25) is 0 Å². The summed E-state index contributed by atoms with van der Waals surface area (Å²) in [5.74, 6) is -1.15. The fraction of sp³-hybridized carbons (Fsp3) is 0.667. The number of aliphatic imine (C=N–C) groups is 1. The highest BCUT2D eigenvalue weighted by Gasteiger charge is 2.42. The van der Waals surface area contributed by atoms with Gasteiger partial charge in [-0.25, -0.2) is 4.99 Å². The Morgan fingerprint density at radius 3 is 2.50 bits per heavy atom. The Kier molecular flexibility index (Phi) is 9.83. The Balaban J connectivity index is 2.34. The van der Waals surface area contributed by atoms with E-state index in [1.54, 1.807) is 27.7 Å². The number of Topliss-reactive ketones (excluding diaryl/α,β-unsaturated/α-hetero) is 1. The number of nitrogens with zero attached hydrogens (tertiary/aromatic N) is 1. The molecule has 2 heterocycles. The summed E-state index contributed by atoms with van der Waals surface area (Å²) in [7, 11) is 0. The molecule has 0 aromatic rings. The zero-order chi connectivity index (χ0) is 25.6. The van der Waals surface area contributed by atoms with Crippen LogP contribution in [0.15, 0.2) is 40.4 Å². The molecule has 34 heavy (non-hydrogen) atoms. The first-order chi connectivity index (χ1) is 15.8. The van der Waals surface area contributed by atoms with Gasteiger partial charge in [-0.15, -0.1) is 0 Å². The summed E-state index contributed by atoms with van der Waals surface area (Å²) < 4.78 is 11.2. The van der Waals surface area contributed by atoms with E-state index < -0.39 is 35.6 Å². The van der Waals surface area contributed by atoms with E-state index in [1.807, 2.05) is 45.1 Å². The van der Waals surface area contributed by atoms with Gasteiger partial charge in [0.25, 0.3) is 0 Å². The largest absolute Gasteiger partial charge is 0.479 e. The topological polar surface area (TPSA) is 105 Å². The van der Waals surface area contributed by atoms with E-state index in [0.717, 1.165) is 11.1 Å².